The van der Waals surface area contributed by atoms with Crippen molar-refractivity contribution in [2.24, 2.45) is 0 Å². The minimum Gasteiger partial charge on any atom is -0.354 e. The van der Waals surface area contributed by atoms with Crippen LogP contribution in [-0.4, -0.2) is 55.4 Å². The maximum Gasteiger partial charge on any atom is 0.156 e. The quantitative estimate of drug-likeness (QED) is 0.579. The van der Waals surface area contributed by atoms with Gasteiger partial charge >= 0.3 is 0 Å². The molecular weight excluding hydrogens is 364 g/mol. The molecule has 0 spiro atoms. The van der Waals surface area contributed by atoms with Gasteiger partial charge in [0.05, 0.1) is 29.3 Å². The molecule has 1 aliphatic heterocycles. The van der Waals surface area contributed by atoms with E-state index in [1.54, 1.807) is 12.4 Å². The molecule has 8 nitrogen and oxygen atoms in total. The van der Waals surface area contributed by atoms with E-state index in [-0.39, 0.29) is 0 Å². The second kappa shape index (κ2) is 7.21. The molecule has 4 aromatic heterocycles. The number of pyridine rings is 2. The summed E-state index contributed by atoms with van der Waals surface area (Å²) in [6, 6.07) is 8.51. The smallest absolute Gasteiger partial charge is 0.156 e. The van der Waals surface area contributed by atoms with Gasteiger partial charge < -0.3 is 10.2 Å². The molecule has 146 valence electrons. The van der Waals surface area contributed by atoms with Crippen LogP contribution in [0, 0.1) is 6.92 Å². The molecule has 0 radical (unpaired) electrons. The van der Waals surface area contributed by atoms with E-state index in [0.717, 1.165) is 59.3 Å². The Hall–Kier alpha value is -3.39. The van der Waals surface area contributed by atoms with E-state index < -0.39 is 0 Å². The van der Waals surface area contributed by atoms with Gasteiger partial charge in [-0.2, -0.15) is 5.10 Å². The molecule has 29 heavy (non-hydrogen) atoms. The third-order valence-corrected chi connectivity index (χ3v) is 5.10. The highest BCUT2D eigenvalue weighted by atomic mass is 15.3. The Balaban J connectivity index is 1.55. The lowest BCUT2D eigenvalue weighted by atomic mass is 10.2. The van der Waals surface area contributed by atoms with Gasteiger partial charge in [0.1, 0.15) is 11.5 Å². The summed E-state index contributed by atoms with van der Waals surface area (Å²) in [7, 11) is 0. The highest BCUT2D eigenvalue weighted by Crippen LogP contribution is 2.23. The Labute approximate surface area is 168 Å². The number of nitrogens with one attached hydrogen (secondary N) is 1. The summed E-state index contributed by atoms with van der Waals surface area (Å²) < 4.78 is 1.86. The topological polar surface area (TPSA) is 84.7 Å². The number of hydrogen-bond donors (Lipinski definition) is 1. The number of rotatable bonds is 3. The predicted molar refractivity (Wildman–Crippen MR) is 112 cm³/mol. The first-order chi connectivity index (χ1) is 14.2. The molecule has 5 heterocycles. The average molecular weight is 386 g/mol. The van der Waals surface area contributed by atoms with Gasteiger partial charge in [-0.05, 0) is 32.0 Å². The van der Waals surface area contributed by atoms with Crippen LogP contribution < -0.4 is 10.2 Å². The van der Waals surface area contributed by atoms with Gasteiger partial charge in [-0.3, -0.25) is 9.97 Å². The van der Waals surface area contributed by atoms with Crippen LogP contribution in [0.4, 0.5) is 5.82 Å². The average Bonchev–Trinajstić information content (AvgIpc) is 3.17. The molecule has 1 unspecified atom stereocenters. The third-order valence-electron chi connectivity index (χ3n) is 5.10. The number of hydrogen-bond acceptors (Lipinski definition) is 7. The zero-order valence-electron chi connectivity index (χ0n) is 16.4. The van der Waals surface area contributed by atoms with Gasteiger partial charge in [0.15, 0.2) is 5.82 Å². The van der Waals surface area contributed by atoms with Gasteiger partial charge in [0, 0.05) is 43.5 Å². The summed E-state index contributed by atoms with van der Waals surface area (Å²) in [5, 5.41) is 8.99. The minimum absolute atomic E-state index is 0.448. The van der Waals surface area contributed by atoms with Crippen LogP contribution in [0.5, 0.6) is 0 Å². The molecule has 4 aromatic rings. The van der Waals surface area contributed by atoms with Crippen LogP contribution in [0.3, 0.4) is 0 Å². The molecule has 1 aliphatic rings. The van der Waals surface area contributed by atoms with Crippen molar-refractivity contribution in [1.82, 2.24) is 35.0 Å². The largest absolute Gasteiger partial charge is 0.354 e. The zero-order chi connectivity index (χ0) is 19.8. The minimum atomic E-state index is 0.448. The molecule has 0 aromatic carbocycles. The summed E-state index contributed by atoms with van der Waals surface area (Å²) in [5.74, 6) is 1.76. The Morgan fingerprint density at radius 1 is 1.03 bits per heavy atom. The first kappa shape index (κ1) is 17.7. The van der Waals surface area contributed by atoms with Crippen molar-refractivity contribution in [3.05, 3.63) is 54.7 Å². The van der Waals surface area contributed by atoms with E-state index in [9.17, 15) is 0 Å². The van der Waals surface area contributed by atoms with E-state index in [1.165, 1.54) is 0 Å². The van der Waals surface area contributed by atoms with Crippen LogP contribution in [0.15, 0.2) is 49.1 Å². The second-order valence-corrected chi connectivity index (χ2v) is 7.39. The van der Waals surface area contributed by atoms with Gasteiger partial charge in [0.2, 0.25) is 0 Å². The van der Waals surface area contributed by atoms with Crippen LogP contribution in [0.1, 0.15) is 12.6 Å². The van der Waals surface area contributed by atoms with Crippen molar-refractivity contribution in [3.8, 4) is 17.2 Å². The first-order valence-corrected chi connectivity index (χ1v) is 9.76. The zero-order valence-corrected chi connectivity index (χ0v) is 16.4. The Bertz CT molecular complexity index is 1170. The molecule has 0 amide bonds. The van der Waals surface area contributed by atoms with E-state index in [1.807, 2.05) is 42.2 Å². The molecule has 0 bridgehead atoms. The van der Waals surface area contributed by atoms with Gasteiger partial charge in [0.25, 0.3) is 0 Å². The normalized spacial score (nSPS) is 17.0. The highest BCUT2D eigenvalue weighted by Gasteiger charge is 2.18. The molecule has 1 fully saturated rings. The Morgan fingerprint density at radius 3 is 2.79 bits per heavy atom. The number of aryl methyl sites for hydroxylation is 1. The molecule has 0 aliphatic carbocycles. The maximum absolute atomic E-state index is 4.89. The second-order valence-electron chi connectivity index (χ2n) is 7.39. The van der Waals surface area contributed by atoms with Crippen LogP contribution in [0.25, 0.3) is 28.1 Å². The maximum atomic E-state index is 4.89. The number of anilines is 1. The van der Waals surface area contributed by atoms with E-state index >= 15 is 0 Å². The lowest BCUT2D eigenvalue weighted by Crippen LogP contribution is -2.49. The highest BCUT2D eigenvalue weighted by molar-refractivity contribution is 5.82. The lowest BCUT2D eigenvalue weighted by Gasteiger charge is -2.32. The third kappa shape index (κ3) is 3.42. The lowest BCUT2D eigenvalue weighted by molar-refractivity contribution is 0.482. The van der Waals surface area contributed by atoms with Crippen molar-refractivity contribution < 1.29 is 0 Å². The van der Waals surface area contributed by atoms with Crippen LogP contribution in [-0.2, 0) is 0 Å². The molecule has 1 saturated heterocycles. The van der Waals surface area contributed by atoms with Crippen LogP contribution >= 0.6 is 0 Å². The van der Waals surface area contributed by atoms with Gasteiger partial charge in [-0.1, -0.05) is 6.07 Å². The standard InChI is InChI=1S/C21H22N8/c1-14-9-22-12-18(26-14)17-8-19-16(10-24-17)11-25-29(19)21-5-3-4-20(27-21)28-7-6-23-15(2)13-28/h3-5,8-12,15,23H,6-7,13H2,1-2H3. The summed E-state index contributed by atoms with van der Waals surface area (Å²) in [5.41, 5.74) is 3.31. The summed E-state index contributed by atoms with van der Waals surface area (Å²) in [6.07, 6.45) is 7.10. The van der Waals surface area contributed by atoms with Crippen molar-refractivity contribution >= 4 is 16.7 Å². The fourth-order valence-electron chi connectivity index (χ4n) is 3.68. The molecule has 1 N–H and O–H groups in total. The summed E-state index contributed by atoms with van der Waals surface area (Å²) in [4.78, 5) is 20.5. The molecular formula is C21H22N8. The number of aromatic nitrogens is 6. The number of piperazine rings is 1. The van der Waals surface area contributed by atoms with Crippen molar-refractivity contribution in [2.75, 3.05) is 24.5 Å². The van der Waals surface area contributed by atoms with Crippen molar-refractivity contribution in [2.45, 2.75) is 19.9 Å². The van der Waals surface area contributed by atoms with Crippen molar-refractivity contribution in [3.63, 3.8) is 0 Å². The monoisotopic (exact) mass is 386 g/mol. The molecule has 8 heteroatoms. The van der Waals surface area contributed by atoms with E-state index in [4.69, 9.17) is 4.98 Å². The Kier molecular flexibility index (Phi) is 4.40. The molecule has 0 saturated carbocycles. The van der Waals surface area contributed by atoms with Crippen molar-refractivity contribution in [1.29, 1.82) is 0 Å². The number of fused-ring (bicyclic) bond motifs is 1. The van der Waals surface area contributed by atoms with E-state index in [0.29, 0.717) is 6.04 Å². The molecule has 5 rings (SSSR count). The first-order valence-electron chi connectivity index (χ1n) is 9.76. The summed E-state index contributed by atoms with van der Waals surface area (Å²) >= 11 is 0. The van der Waals surface area contributed by atoms with Gasteiger partial charge in [-0.25, -0.2) is 14.6 Å². The Morgan fingerprint density at radius 2 is 1.93 bits per heavy atom. The van der Waals surface area contributed by atoms with Gasteiger partial charge in [-0.15, -0.1) is 0 Å². The fraction of sp³-hybridized carbons (Fsp3) is 0.286. The fourth-order valence-corrected chi connectivity index (χ4v) is 3.68. The number of nitrogens with zero attached hydrogens (tertiary/aromatic N) is 7. The molecule has 1 atom stereocenters. The predicted octanol–water partition coefficient (Wildman–Crippen LogP) is 2.38. The van der Waals surface area contributed by atoms with Crippen LogP contribution in [0.2, 0.25) is 0 Å². The summed E-state index contributed by atoms with van der Waals surface area (Å²) in [6.45, 7) is 6.97. The SMILES string of the molecule is Cc1cncc(-c2cc3c(cn2)cnn3-c2cccc(N3CCNC(C)C3)n2)n1. The van der Waals surface area contributed by atoms with E-state index in [2.05, 4.69) is 43.3 Å².